The van der Waals surface area contributed by atoms with Crippen molar-refractivity contribution in [2.75, 3.05) is 33.4 Å². The number of carbonyl (C=O) groups is 1. The first kappa shape index (κ1) is 19.0. The molecular formula is C19H25N3O3S. The largest absolute Gasteiger partial charge is 0.378 e. The molecule has 1 aliphatic rings. The lowest BCUT2D eigenvalue weighted by atomic mass is 10.1. The fourth-order valence-electron chi connectivity index (χ4n) is 2.92. The molecule has 1 aliphatic heterocycles. The molecule has 6 nitrogen and oxygen atoms in total. The van der Waals surface area contributed by atoms with Gasteiger partial charge in [0.25, 0.3) is 0 Å². The average Bonchev–Trinajstić information content (AvgIpc) is 3.10. The zero-order chi connectivity index (χ0) is 18.4. The van der Waals surface area contributed by atoms with Crippen molar-refractivity contribution >= 4 is 17.2 Å². The molecular weight excluding hydrogens is 350 g/mol. The molecule has 1 fully saturated rings. The molecule has 140 valence electrons. The number of methoxy groups -OCH3 is 1. The number of benzene rings is 1. The molecule has 1 N–H and O–H groups in total. The second-order valence-corrected chi connectivity index (χ2v) is 7.31. The van der Waals surface area contributed by atoms with Crippen molar-refractivity contribution in [3.63, 3.8) is 0 Å². The van der Waals surface area contributed by atoms with Crippen LogP contribution < -0.4 is 5.32 Å². The van der Waals surface area contributed by atoms with Gasteiger partial charge in [0.15, 0.2) is 0 Å². The Morgan fingerprint density at radius 3 is 2.77 bits per heavy atom. The van der Waals surface area contributed by atoms with Crippen LogP contribution in [0.4, 0.5) is 0 Å². The number of thiazole rings is 1. The highest BCUT2D eigenvalue weighted by atomic mass is 32.1. The fraction of sp³-hybridized carbons (Fsp3) is 0.474. The minimum atomic E-state index is -0.260. The summed E-state index contributed by atoms with van der Waals surface area (Å²) in [6.45, 7) is 5.49. The lowest BCUT2D eigenvalue weighted by Gasteiger charge is -2.29. The molecule has 0 spiro atoms. The summed E-state index contributed by atoms with van der Waals surface area (Å²) in [5.74, 6) is 0.113. The van der Waals surface area contributed by atoms with Gasteiger partial charge in [-0.1, -0.05) is 30.3 Å². The molecule has 26 heavy (non-hydrogen) atoms. The molecule has 2 aromatic rings. The maximum Gasteiger partial charge on any atom is 0.239 e. The summed E-state index contributed by atoms with van der Waals surface area (Å²) < 4.78 is 10.5. The van der Waals surface area contributed by atoms with Crippen LogP contribution in [0.15, 0.2) is 30.3 Å². The number of hydrogen-bond acceptors (Lipinski definition) is 6. The predicted molar refractivity (Wildman–Crippen MR) is 102 cm³/mol. The van der Waals surface area contributed by atoms with Gasteiger partial charge in [-0.25, -0.2) is 4.98 Å². The Kier molecular flexibility index (Phi) is 6.73. The van der Waals surface area contributed by atoms with E-state index < -0.39 is 0 Å². The summed E-state index contributed by atoms with van der Waals surface area (Å²) in [6.07, 6.45) is 0. The van der Waals surface area contributed by atoms with E-state index in [2.05, 4.69) is 17.4 Å². The van der Waals surface area contributed by atoms with Crippen LogP contribution in [-0.4, -0.2) is 55.2 Å². The summed E-state index contributed by atoms with van der Waals surface area (Å²) in [7, 11) is 1.67. The quantitative estimate of drug-likeness (QED) is 0.804. The lowest BCUT2D eigenvalue weighted by molar-refractivity contribution is -0.137. The number of ether oxygens (including phenoxy) is 2. The molecule has 0 bridgehead atoms. The van der Waals surface area contributed by atoms with E-state index in [-0.39, 0.29) is 11.9 Å². The number of nitrogens with zero attached hydrogens (tertiary/aromatic N) is 2. The molecule has 1 unspecified atom stereocenters. The summed E-state index contributed by atoms with van der Waals surface area (Å²) in [5, 5.41) is 4.27. The van der Waals surface area contributed by atoms with Crippen LogP contribution in [0.2, 0.25) is 0 Å². The fourth-order valence-corrected chi connectivity index (χ4v) is 3.97. The zero-order valence-corrected chi connectivity index (χ0v) is 16.1. The molecule has 1 aromatic heterocycles. The number of hydrogen-bond donors (Lipinski definition) is 1. The maximum absolute atomic E-state index is 12.6. The Balaban J connectivity index is 1.69. The highest BCUT2D eigenvalue weighted by Crippen LogP contribution is 2.30. The van der Waals surface area contributed by atoms with Crippen molar-refractivity contribution in [1.29, 1.82) is 0 Å². The van der Waals surface area contributed by atoms with Crippen LogP contribution in [0.1, 0.15) is 17.6 Å². The summed E-state index contributed by atoms with van der Waals surface area (Å²) in [6, 6.07) is 9.94. The van der Waals surface area contributed by atoms with Crippen molar-refractivity contribution in [2.24, 2.45) is 0 Å². The van der Waals surface area contributed by atoms with Gasteiger partial charge in [-0.2, -0.15) is 0 Å². The number of morpholine rings is 1. The molecule has 0 aliphatic carbocycles. The van der Waals surface area contributed by atoms with E-state index in [0.717, 1.165) is 21.1 Å². The minimum absolute atomic E-state index is 0.113. The number of aromatic nitrogens is 1. The maximum atomic E-state index is 12.6. The van der Waals surface area contributed by atoms with Gasteiger partial charge in [0.05, 0.1) is 36.4 Å². The van der Waals surface area contributed by atoms with Gasteiger partial charge in [-0.15, -0.1) is 11.3 Å². The molecule has 1 amide bonds. The van der Waals surface area contributed by atoms with Crippen LogP contribution in [0.5, 0.6) is 0 Å². The minimum Gasteiger partial charge on any atom is -0.378 e. The Morgan fingerprint density at radius 1 is 1.35 bits per heavy atom. The standard InChI is InChI=1S/C19H25N3O3S/c1-14(19(23)22-8-10-25-11-9-22)20-12-16-18(15-6-4-3-5-7-15)26-17(21-16)13-24-2/h3-7,14,20H,8-13H2,1-2H3. The third kappa shape index (κ3) is 4.67. The van der Waals surface area contributed by atoms with E-state index in [1.165, 1.54) is 0 Å². The van der Waals surface area contributed by atoms with E-state index in [9.17, 15) is 4.79 Å². The second-order valence-electron chi connectivity index (χ2n) is 6.22. The van der Waals surface area contributed by atoms with Crippen molar-refractivity contribution < 1.29 is 14.3 Å². The number of nitrogens with one attached hydrogen (secondary N) is 1. The first-order valence-corrected chi connectivity index (χ1v) is 9.63. The Hall–Kier alpha value is -1.80. The zero-order valence-electron chi connectivity index (χ0n) is 15.2. The SMILES string of the molecule is COCc1nc(CNC(C)C(=O)N2CCOCC2)c(-c2ccccc2)s1. The van der Waals surface area contributed by atoms with Gasteiger partial charge >= 0.3 is 0 Å². The molecule has 7 heteroatoms. The normalized spacial score (nSPS) is 15.8. The van der Waals surface area contributed by atoms with E-state index >= 15 is 0 Å². The van der Waals surface area contributed by atoms with Gasteiger partial charge in [-0.05, 0) is 12.5 Å². The number of rotatable bonds is 7. The van der Waals surface area contributed by atoms with Gasteiger partial charge in [0, 0.05) is 26.7 Å². The average molecular weight is 375 g/mol. The van der Waals surface area contributed by atoms with Gasteiger partial charge in [-0.3, -0.25) is 4.79 Å². The van der Waals surface area contributed by atoms with Crippen LogP contribution in [0, 0.1) is 0 Å². The first-order valence-electron chi connectivity index (χ1n) is 8.82. The highest BCUT2D eigenvalue weighted by molar-refractivity contribution is 7.15. The van der Waals surface area contributed by atoms with Crippen molar-refractivity contribution in [1.82, 2.24) is 15.2 Å². The van der Waals surface area contributed by atoms with Gasteiger partial charge in [0.1, 0.15) is 5.01 Å². The smallest absolute Gasteiger partial charge is 0.239 e. The molecule has 0 radical (unpaired) electrons. The Bertz CT molecular complexity index is 714. The van der Waals surface area contributed by atoms with Gasteiger partial charge < -0.3 is 19.7 Å². The summed E-state index contributed by atoms with van der Waals surface area (Å²) in [4.78, 5) is 20.2. The van der Waals surface area contributed by atoms with E-state index in [4.69, 9.17) is 14.5 Å². The summed E-state index contributed by atoms with van der Waals surface area (Å²) >= 11 is 1.64. The lowest BCUT2D eigenvalue weighted by Crippen LogP contribution is -2.49. The molecule has 1 saturated heterocycles. The van der Waals surface area contributed by atoms with Crippen LogP contribution in [0.3, 0.4) is 0 Å². The van der Waals surface area contributed by atoms with Crippen LogP contribution in [0.25, 0.3) is 10.4 Å². The Labute approximate surface area is 158 Å². The molecule has 1 atom stereocenters. The Morgan fingerprint density at radius 2 is 2.08 bits per heavy atom. The van der Waals surface area contributed by atoms with Crippen molar-refractivity contribution in [2.45, 2.75) is 26.1 Å². The monoisotopic (exact) mass is 375 g/mol. The van der Waals surface area contributed by atoms with E-state index in [0.29, 0.717) is 39.5 Å². The predicted octanol–water partition coefficient (Wildman–Crippen LogP) is 2.29. The van der Waals surface area contributed by atoms with E-state index in [1.54, 1.807) is 18.4 Å². The third-order valence-electron chi connectivity index (χ3n) is 4.31. The summed E-state index contributed by atoms with van der Waals surface area (Å²) in [5.41, 5.74) is 2.09. The highest BCUT2D eigenvalue weighted by Gasteiger charge is 2.23. The molecule has 0 saturated carbocycles. The van der Waals surface area contributed by atoms with Gasteiger partial charge in [0.2, 0.25) is 5.91 Å². The van der Waals surface area contributed by atoms with E-state index in [1.807, 2.05) is 30.0 Å². The molecule has 1 aromatic carbocycles. The van der Waals surface area contributed by atoms with Crippen LogP contribution >= 0.6 is 11.3 Å². The van der Waals surface area contributed by atoms with Crippen molar-refractivity contribution in [3.8, 4) is 10.4 Å². The van der Waals surface area contributed by atoms with Crippen molar-refractivity contribution in [3.05, 3.63) is 41.0 Å². The topological polar surface area (TPSA) is 63.7 Å². The van der Waals surface area contributed by atoms with Crippen LogP contribution in [-0.2, 0) is 27.4 Å². The number of carbonyl (C=O) groups excluding carboxylic acids is 1. The molecule has 2 heterocycles. The first-order chi connectivity index (χ1) is 12.7. The molecule has 3 rings (SSSR count). The second kappa shape index (κ2) is 9.23. The third-order valence-corrected chi connectivity index (χ3v) is 5.43. The number of amides is 1.